The first-order valence-electron chi connectivity index (χ1n) is 3.65. The Labute approximate surface area is 69.5 Å². The highest BCUT2D eigenvalue weighted by Gasteiger charge is 1.95. The number of aliphatic hydroxyl groups is 1. The molecule has 1 aromatic rings. The first kappa shape index (κ1) is 8.73. The number of anilines is 1. The third-order valence-corrected chi connectivity index (χ3v) is 1.28. The Morgan fingerprint density at radius 3 is 3.08 bits per heavy atom. The van der Waals surface area contributed by atoms with Gasteiger partial charge in [-0.2, -0.15) is 0 Å². The number of rotatable bonds is 3. The highest BCUT2D eigenvalue weighted by atomic mass is 16.3. The van der Waals surface area contributed by atoms with E-state index in [1.807, 2.05) is 0 Å². The number of aromatic amines is 1. The zero-order chi connectivity index (χ0) is 8.97. The molecule has 12 heavy (non-hydrogen) atoms. The number of nitrogens with one attached hydrogen (secondary N) is 2. The third-order valence-electron chi connectivity index (χ3n) is 1.28. The average Bonchev–Trinajstić information content (AvgIpc) is 1.99. The van der Waals surface area contributed by atoms with Gasteiger partial charge in [-0.05, 0) is 6.92 Å². The third kappa shape index (κ3) is 2.35. The van der Waals surface area contributed by atoms with Crippen molar-refractivity contribution in [1.82, 2.24) is 9.97 Å². The minimum Gasteiger partial charge on any atom is -0.395 e. The Morgan fingerprint density at radius 1 is 1.75 bits per heavy atom. The quantitative estimate of drug-likeness (QED) is 0.569. The van der Waals surface area contributed by atoms with Crippen molar-refractivity contribution in [3.8, 4) is 0 Å². The van der Waals surface area contributed by atoms with Crippen molar-refractivity contribution in [3.05, 3.63) is 22.2 Å². The summed E-state index contributed by atoms with van der Waals surface area (Å²) in [7, 11) is 0. The van der Waals surface area contributed by atoms with Crippen molar-refractivity contribution >= 4 is 5.82 Å². The van der Waals surface area contributed by atoms with Gasteiger partial charge in [0, 0.05) is 12.6 Å². The van der Waals surface area contributed by atoms with Gasteiger partial charge in [-0.1, -0.05) is 0 Å². The maximum atomic E-state index is 10.9. The molecule has 0 saturated carbocycles. The minimum atomic E-state index is -0.192. The molecule has 5 nitrogen and oxygen atoms in total. The van der Waals surface area contributed by atoms with Crippen LogP contribution in [0.4, 0.5) is 5.82 Å². The van der Waals surface area contributed by atoms with Crippen LogP contribution in [0.1, 0.15) is 5.82 Å². The van der Waals surface area contributed by atoms with E-state index < -0.39 is 0 Å². The summed E-state index contributed by atoms with van der Waals surface area (Å²) in [5.41, 5.74) is -0.192. The number of hydrogen-bond acceptors (Lipinski definition) is 4. The smallest absolute Gasteiger partial charge is 0.252 e. The SMILES string of the molecule is Cc1nc(NCCO)cc(=O)[nH]1. The van der Waals surface area contributed by atoms with E-state index in [4.69, 9.17) is 5.11 Å². The Kier molecular flexibility index (Phi) is 2.82. The van der Waals surface area contributed by atoms with E-state index in [1.54, 1.807) is 6.92 Å². The van der Waals surface area contributed by atoms with Gasteiger partial charge >= 0.3 is 0 Å². The Morgan fingerprint density at radius 2 is 2.50 bits per heavy atom. The van der Waals surface area contributed by atoms with Gasteiger partial charge in [0.25, 0.3) is 5.56 Å². The van der Waals surface area contributed by atoms with Gasteiger partial charge in [-0.3, -0.25) is 4.79 Å². The van der Waals surface area contributed by atoms with Crippen LogP contribution in [0.3, 0.4) is 0 Å². The number of aryl methyl sites for hydroxylation is 1. The summed E-state index contributed by atoms with van der Waals surface area (Å²) in [6.07, 6.45) is 0. The summed E-state index contributed by atoms with van der Waals surface area (Å²) in [6.45, 7) is 2.12. The van der Waals surface area contributed by atoms with Crippen molar-refractivity contribution in [2.24, 2.45) is 0 Å². The van der Waals surface area contributed by atoms with Crippen LogP contribution >= 0.6 is 0 Å². The molecule has 0 unspecified atom stereocenters. The number of nitrogens with zero attached hydrogens (tertiary/aromatic N) is 1. The summed E-state index contributed by atoms with van der Waals surface area (Å²) >= 11 is 0. The largest absolute Gasteiger partial charge is 0.395 e. The van der Waals surface area contributed by atoms with Gasteiger partial charge in [-0.15, -0.1) is 0 Å². The minimum absolute atomic E-state index is 0.0214. The Hall–Kier alpha value is -1.36. The molecule has 1 heterocycles. The van der Waals surface area contributed by atoms with Crippen LogP contribution in [-0.2, 0) is 0 Å². The van der Waals surface area contributed by atoms with E-state index in [0.717, 1.165) is 0 Å². The number of hydrogen-bond donors (Lipinski definition) is 3. The molecule has 0 fully saturated rings. The molecule has 0 bridgehead atoms. The van der Waals surface area contributed by atoms with E-state index >= 15 is 0 Å². The molecule has 66 valence electrons. The molecule has 0 amide bonds. The molecule has 0 atom stereocenters. The summed E-state index contributed by atoms with van der Waals surface area (Å²) in [6, 6.07) is 1.35. The Balaban J connectivity index is 2.79. The van der Waals surface area contributed by atoms with Gasteiger partial charge in [0.2, 0.25) is 0 Å². The average molecular weight is 169 g/mol. The predicted octanol–water partition coefficient (Wildman–Crippen LogP) is -0.517. The van der Waals surface area contributed by atoms with Gasteiger partial charge in [0.1, 0.15) is 11.6 Å². The van der Waals surface area contributed by atoms with Crippen LogP contribution in [0.5, 0.6) is 0 Å². The van der Waals surface area contributed by atoms with E-state index in [9.17, 15) is 4.79 Å². The molecule has 1 rings (SSSR count). The summed E-state index contributed by atoms with van der Waals surface area (Å²) < 4.78 is 0. The molecule has 1 aromatic heterocycles. The maximum absolute atomic E-state index is 10.9. The Bertz CT molecular complexity index is 308. The molecule has 3 N–H and O–H groups in total. The van der Waals surface area contributed by atoms with Crippen molar-refractivity contribution < 1.29 is 5.11 Å². The second-order valence-electron chi connectivity index (χ2n) is 2.37. The summed E-state index contributed by atoms with van der Waals surface area (Å²) in [5, 5.41) is 11.3. The van der Waals surface area contributed by atoms with Crippen molar-refractivity contribution in [3.63, 3.8) is 0 Å². The maximum Gasteiger partial charge on any atom is 0.252 e. The predicted molar refractivity (Wildman–Crippen MR) is 45.2 cm³/mol. The highest BCUT2D eigenvalue weighted by Crippen LogP contribution is 1.95. The molecule has 0 radical (unpaired) electrons. The van der Waals surface area contributed by atoms with Crippen LogP contribution in [0.15, 0.2) is 10.9 Å². The standard InChI is InChI=1S/C7H11N3O2/c1-5-9-6(8-2-3-11)4-7(12)10-5/h4,11H,2-3H2,1H3,(H2,8,9,10,12). The molecular weight excluding hydrogens is 158 g/mol. The molecular formula is C7H11N3O2. The number of aliphatic hydroxyl groups excluding tert-OH is 1. The summed E-state index contributed by atoms with van der Waals surface area (Å²) in [5.74, 6) is 1.05. The first-order chi connectivity index (χ1) is 5.72. The lowest BCUT2D eigenvalue weighted by atomic mass is 10.5. The second-order valence-corrected chi connectivity index (χ2v) is 2.37. The van der Waals surface area contributed by atoms with Crippen molar-refractivity contribution in [1.29, 1.82) is 0 Å². The summed E-state index contributed by atoms with van der Waals surface area (Å²) in [4.78, 5) is 17.4. The fourth-order valence-electron chi connectivity index (χ4n) is 0.854. The van der Waals surface area contributed by atoms with E-state index in [0.29, 0.717) is 18.2 Å². The van der Waals surface area contributed by atoms with Crippen LogP contribution in [0, 0.1) is 6.92 Å². The molecule has 5 heteroatoms. The first-order valence-corrected chi connectivity index (χ1v) is 3.65. The highest BCUT2D eigenvalue weighted by molar-refractivity contribution is 5.32. The molecule has 0 aliphatic rings. The van der Waals surface area contributed by atoms with Gasteiger partial charge in [-0.25, -0.2) is 4.98 Å². The normalized spacial score (nSPS) is 9.83. The van der Waals surface area contributed by atoms with Gasteiger partial charge in [0.05, 0.1) is 6.61 Å². The van der Waals surface area contributed by atoms with Gasteiger partial charge < -0.3 is 15.4 Å². The van der Waals surface area contributed by atoms with Gasteiger partial charge in [0.15, 0.2) is 0 Å². The van der Waals surface area contributed by atoms with Crippen molar-refractivity contribution in [2.45, 2.75) is 6.92 Å². The molecule has 0 spiro atoms. The van der Waals surface area contributed by atoms with Crippen LogP contribution in [0.25, 0.3) is 0 Å². The zero-order valence-electron chi connectivity index (χ0n) is 6.79. The van der Waals surface area contributed by atoms with E-state index in [-0.39, 0.29) is 12.2 Å². The topological polar surface area (TPSA) is 78.0 Å². The fourth-order valence-corrected chi connectivity index (χ4v) is 0.854. The molecule has 0 aromatic carbocycles. The number of H-pyrrole nitrogens is 1. The van der Waals surface area contributed by atoms with E-state index in [2.05, 4.69) is 15.3 Å². The lowest BCUT2D eigenvalue weighted by Gasteiger charge is -2.02. The lowest BCUT2D eigenvalue weighted by Crippen LogP contribution is -2.13. The number of aromatic nitrogens is 2. The van der Waals surface area contributed by atoms with Crippen LogP contribution < -0.4 is 10.9 Å². The lowest BCUT2D eigenvalue weighted by molar-refractivity contribution is 0.311. The van der Waals surface area contributed by atoms with Crippen molar-refractivity contribution in [2.75, 3.05) is 18.5 Å². The molecule has 0 saturated heterocycles. The van der Waals surface area contributed by atoms with Crippen LogP contribution in [0.2, 0.25) is 0 Å². The molecule has 0 aliphatic heterocycles. The van der Waals surface area contributed by atoms with E-state index in [1.165, 1.54) is 6.07 Å². The second kappa shape index (κ2) is 3.87. The fraction of sp³-hybridized carbons (Fsp3) is 0.429. The van der Waals surface area contributed by atoms with Crippen LogP contribution in [-0.4, -0.2) is 28.2 Å². The molecule has 0 aliphatic carbocycles. The zero-order valence-corrected chi connectivity index (χ0v) is 6.79. The monoisotopic (exact) mass is 169 g/mol.